The molecular formula is C25H30N2O3. The average Bonchev–Trinajstić information content (AvgIpc) is 2.74. The van der Waals surface area contributed by atoms with Crippen LogP contribution >= 0.6 is 0 Å². The number of carbonyl (C=O) groups is 2. The first-order valence-electron chi connectivity index (χ1n) is 11.1. The summed E-state index contributed by atoms with van der Waals surface area (Å²) in [5.74, 6) is 1.32. The van der Waals surface area contributed by atoms with Gasteiger partial charge in [0.15, 0.2) is 0 Å². The zero-order chi connectivity index (χ0) is 20.8. The minimum Gasteiger partial charge on any atom is -0.490 e. The number of ether oxygens (including phenoxy) is 1. The van der Waals surface area contributed by atoms with Gasteiger partial charge >= 0.3 is 0 Å². The monoisotopic (exact) mass is 406 g/mol. The molecule has 0 radical (unpaired) electrons. The topological polar surface area (TPSA) is 58.6 Å². The Bertz CT molecular complexity index is 838. The molecule has 1 heterocycles. The summed E-state index contributed by atoms with van der Waals surface area (Å²) in [5, 5.41) is 2.97. The fourth-order valence-electron chi connectivity index (χ4n) is 4.05. The highest BCUT2D eigenvalue weighted by atomic mass is 16.5. The Morgan fingerprint density at radius 2 is 1.63 bits per heavy atom. The maximum atomic E-state index is 12.3. The van der Waals surface area contributed by atoms with Crippen LogP contribution in [0.15, 0.2) is 54.6 Å². The number of amides is 2. The zero-order valence-corrected chi connectivity index (χ0v) is 17.4. The Morgan fingerprint density at radius 1 is 0.933 bits per heavy atom. The minimum atomic E-state index is -0.0692. The first-order valence-corrected chi connectivity index (χ1v) is 11.1. The first-order chi connectivity index (χ1) is 14.7. The molecule has 1 saturated heterocycles. The van der Waals surface area contributed by atoms with Gasteiger partial charge in [-0.3, -0.25) is 9.59 Å². The summed E-state index contributed by atoms with van der Waals surface area (Å²) in [5.41, 5.74) is 1.85. The van der Waals surface area contributed by atoms with Crippen LogP contribution in [-0.4, -0.2) is 42.5 Å². The first kappa shape index (κ1) is 20.5. The van der Waals surface area contributed by atoms with Crippen molar-refractivity contribution >= 4 is 11.8 Å². The van der Waals surface area contributed by atoms with E-state index in [1.54, 1.807) is 0 Å². The lowest BCUT2D eigenvalue weighted by atomic mass is 9.84. The van der Waals surface area contributed by atoms with Gasteiger partial charge in [-0.2, -0.15) is 0 Å². The van der Waals surface area contributed by atoms with Crippen molar-refractivity contribution in [1.29, 1.82) is 0 Å². The third-order valence-corrected chi connectivity index (χ3v) is 6.17. The molecule has 0 aromatic heterocycles. The smallest absolute Gasteiger partial charge is 0.251 e. The summed E-state index contributed by atoms with van der Waals surface area (Å²) in [4.78, 5) is 26.7. The third kappa shape index (κ3) is 5.21. The minimum absolute atomic E-state index is 0.0692. The lowest BCUT2D eigenvalue weighted by Gasteiger charge is -2.36. The molecule has 2 aromatic rings. The van der Waals surface area contributed by atoms with E-state index in [9.17, 15) is 9.59 Å². The van der Waals surface area contributed by atoms with Crippen LogP contribution in [0.2, 0.25) is 0 Å². The van der Waals surface area contributed by atoms with Gasteiger partial charge in [0.05, 0.1) is 0 Å². The number of rotatable bonds is 7. The Labute approximate surface area is 178 Å². The van der Waals surface area contributed by atoms with Crippen molar-refractivity contribution in [2.45, 2.75) is 44.6 Å². The Morgan fingerprint density at radius 3 is 2.27 bits per heavy atom. The lowest BCUT2D eigenvalue weighted by molar-refractivity contribution is -0.140. The highest BCUT2D eigenvalue weighted by Crippen LogP contribution is 2.29. The number of benzene rings is 2. The molecule has 0 atom stereocenters. The van der Waals surface area contributed by atoms with E-state index in [4.69, 9.17) is 4.74 Å². The number of nitrogens with zero attached hydrogens (tertiary/aromatic N) is 1. The van der Waals surface area contributed by atoms with E-state index in [1.807, 2.05) is 47.4 Å². The Hall–Kier alpha value is -2.82. The van der Waals surface area contributed by atoms with Crippen LogP contribution in [0.4, 0.5) is 0 Å². The third-order valence-electron chi connectivity index (χ3n) is 6.17. The fourth-order valence-corrected chi connectivity index (χ4v) is 4.05. The summed E-state index contributed by atoms with van der Waals surface area (Å²) in [6.07, 6.45) is 5.97. The van der Waals surface area contributed by atoms with Gasteiger partial charge in [-0.05, 0) is 49.1 Å². The molecule has 1 aliphatic carbocycles. The van der Waals surface area contributed by atoms with Crippen molar-refractivity contribution in [1.82, 2.24) is 10.2 Å². The van der Waals surface area contributed by atoms with E-state index in [0.29, 0.717) is 18.0 Å². The van der Waals surface area contributed by atoms with Gasteiger partial charge < -0.3 is 15.0 Å². The normalized spacial score (nSPS) is 17.3. The SMILES string of the molecule is O=C(NCCc1ccccc1)c1ccc(OC2CCN(C(=O)C3CCC3)CC2)cc1. The second-order valence-electron chi connectivity index (χ2n) is 8.29. The van der Waals surface area contributed by atoms with Crippen molar-refractivity contribution in [2.75, 3.05) is 19.6 Å². The molecule has 1 N–H and O–H groups in total. The van der Waals surface area contributed by atoms with E-state index in [2.05, 4.69) is 17.4 Å². The van der Waals surface area contributed by atoms with Crippen LogP contribution < -0.4 is 10.1 Å². The fraction of sp³-hybridized carbons (Fsp3) is 0.440. The second kappa shape index (κ2) is 9.79. The summed E-state index contributed by atoms with van der Waals surface area (Å²) in [6, 6.07) is 17.5. The van der Waals surface area contributed by atoms with Crippen LogP contribution in [0, 0.1) is 5.92 Å². The summed E-state index contributed by atoms with van der Waals surface area (Å²) in [7, 11) is 0. The van der Waals surface area contributed by atoms with Crippen LogP contribution in [0.25, 0.3) is 0 Å². The lowest BCUT2D eigenvalue weighted by Crippen LogP contribution is -2.45. The van der Waals surface area contributed by atoms with Gasteiger partial charge in [0.2, 0.25) is 5.91 Å². The summed E-state index contributed by atoms with van der Waals surface area (Å²) >= 11 is 0. The largest absolute Gasteiger partial charge is 0.490 e. The quantitative estimate of drug-likeness (QED) is 0.760. The molecule has 4 rings (SSSR count). The standard InChI is InChI=1S/C25H30N2O3/c28-24(26-16-13-19-5-2-1-3-6-19)20-9-11-22(12-10-20)30-23-14-17-27(18-15-23)25(29)21-7-4-8-21/h1-3,5-6,9-12,21,23H,4,7-8,13-18H2,(H,26,28). The maximum Gasteiger partial charge on any atom is 0.251 e. The molecule has 2 fully saturated rings. The number of hydrogen-bond donors (Lipinski definition) is 1. The number of carbonyl (C=O) groups excluding carboxylic acids is 2. The summed E-state index contributed by atoms with van der Waals surface area (Å²) in [6.45, 7) is 2.17. The molecule has 158 valence electrons. The van der Waals surface area contributed by atoms with Crippen molar-refractivity contribution < 1.29 is 14.3 Å². The number of nitrogens with one attached hydrogen (secondary N) is 1. The molecule has 5 heteroatoms. The molecule has 0 unspecified atom stereocenters. The van der Waals surface area contributed by atoms with Crippen molar-refractivity contribution in [3.63, 3.8) is 0 Å². The predicted octanol–water partition coefficient (Wildman–Crippen LogP) is 3.83. The highest BCUT2D eigenvalue weighted by Gasteiger charge is 2.32. The number of likely N-dealkylation sites (tertiary alicyclic amines) is 1. The molecule has 5 nitrogen and oxygen atoms in total. The van der Waals surface area contributed by atoms with Gasteiger partial charge in [0.25, 0.3) is 5.91 Å². The van der Waals surface area contributed by atoms with E-state index in [-0.39, 0.29) is 17.9 Å². The van der Waals surface area contributed by atoms with Gasteiger partial charge in [0.1, 0.15) is 11.9 Å². The van der Waals surface area contributed by atoms with Crippen molar-refractivity contribution in [2.24, 2.45) is 5.92 Å². The van der Waals surface area contributed by atoms with E-state index in [1.165, 1.54) is 12.0 Å². The molecule has 2 amide bonds. The molecule has 0 bridgehead atoms. The molecule has 30 heavy (non-hydrogen) atoms. The number of piperidine rings is 1. The van der Waals surface area contributed by atoms with Gasteiger partial charge in [0, 0.05) is 44.0 Å². The maximum absolute atomic E-state index is 12.3. The summed E-state index contributed by atoms with van der Waals surface area (Å²) < 4.78 is 6.09. The number of hydrogen-bond acceptors (Lipinski definition) is 3. The highest BCUT2D eigenvalue weighted by molar-refractivity contribution is 5.94. The molecule has 1 aliphatic heterocycles. The predicted molar refractivity (Wildman–Crippen MR) is 116 cm³/mol. The van der Waals surface area contributed by atoms with Crippen LogP contribution in [-0.2, 0) is 11.2 Å². The molecule has 0 spiro atoms. The molecule has 2 aliphatic rings. The Kier molecular flexibility index (Phi) is 6.67. The zero-order valence-electron chi connectivity index (χ0n) is 17.4. The second-order valence-corrected chi connectivity index (χ2v) is 8.29. The van der Waals surface area contributed by atoms with Crippen LogP contribution in [0.5, 0.6) is 5.75 Å². The van der Waals surface area contributed by atoms with Crippen molar-refractivity contribution in [3.8, 4) is 5.75 Å². The van der Waals surface area contributed by atoms with Gasteiger partial charge in [-0.1, -0.05) is 36.8 Å². The van der Waals surface area contributed by atoms with E-state index < -0.39 is 0 Å². The van der Waals surface area contributed by atoms with Crippen molar-refractivity contribution in [3.05, 3.63) is 65.7 Å². The van der Waals surface area contributed by atoms with Crippen LogP contribution in [0.1, 0.15) is 48.0 Å². The van der Waals surface area contributed by atoms with Crippen LogP contribution in [0.3, 0.4) is 0 Å². The van der Waals surface area contributed by atoms with Gasteiger partial charge in [-0.25, -0.2) is 0 Å². The van der Waals surface area contributed by atoms with E-state index in [0.717, 1.165) is 50.9 Å². The van der Waals surface area contributed by atoms with Gasteiger partial charge in [-0.15, -0.1) is 0 Å². The Balaban J connectivity index is 1.20. The molecule has 2 aromatic carbocycles. The molecule has 1 saturated carbocycles. The molecular weight excluding hydrogens is 376 g/mol. The van der Waals surface area contributed by atoms with E-state index >= 15 is 0 Å². The average molecular weight is 407 g/mol.